The number of ether oxygens (including phenoxy) is 1. The highest BCUT2D eigenvalue weighted by Gasteiger charge is 2.32. The van der Waals surface area contributed by atoms with Crippen molar-refractivity contribution in [1.29, 1.82) is 0 Å². The van der Waals surface area contributed by atoms with Crippen LogP contribution in [0.5, 0.6) is 5.75 Å². The number of nitrogens with zero attached hydrogens (tertiary/aromatic N) is 4. The number of anilines is 1. The molecule has 0 amide bonds. The van der Waals surface area contributed by atoms with E-state index in [-0.39, 0.29) is 6.04 Å². The number of fused-ring (bicyclic) bond motifs is 1. The first-order valence-electron chi connectivity index (χ1n) is 12.2. The molecule has 1 aromatic heterocycles. The van der Waals surface area contributed by atoms with Crippen LogP contribution in [-0.2, 0) is 0 Å². The Morgan fingerprint density at radius 3 is 2.35 bits per heavy atom. The predicted molar refractivity (Wildman–Crippen MR) is 153 cm³/mol. The first-order chi connectivity index (χ1) is 18.1. The first kappa shape index (κ1) is 23.4. The summed E-state index contributed by atoms with van der Waals surface area (Å²) in [6.07, 6.45) is 0.735. The molecule has 0 fully saturated rings. The minimum absolute atomic E-state index is 0.0402. The molecule has 182 valence electrons. The number of methoxy groups -OCH3 is 1. The number of aromatic nitrogens is 2. The zero-order chi connectivity index (χ0) is 25.4. The fraction of sp³-hybridized carbons (Fsp3) is 0.129. The molecule has 0 radical (unpaired) electrons. The Bertz CT molecular complexity index is 1610. The standard InChI is InChI=1S/C31H25BrN4O/c1-20-10-12-22(13-11-20)30-26-8-3-4-9-27(26)33-31(34-30)36-29(23-6-5-7-24(32)18-23)19-28(35-36)21-14-16-25(37-2)17-15-21/h3-18,29H,19H2,1-2H3/t29-/m0/s1. The van der Waals surface area contributed by atoms with Gasteiger partial charge in [-0.1, -0.05) is 76.1 Å². The van der Waals surface area contributed by atoms with Gasteiger partial charge in [-0.15, -0.1) is 0 Å². The Hall–Kier alpha value is -4.03. The summed E-state index contributed by atoms with van der Waals surface area (Å²) < 4.78 is 6.38. The zero-order valence-corrected chi connectivity index (χ0v) is 22.2. The summed E-state index contributed by atoms with van der Waals surface area (Å²) in [4.78, 5) is 10.1. The summed E-state index contributed by atoms with van der Waals surface area (Å²) in [5, 5.41) is 8.09. The van der Waals surface area contributed by atoms with Crippen LogP contribution in [0.1, 0.15) is 29.2 Å². The topological polar surface area (TPSA) is 50.6 Å². The van der Waals surface area contributed by atoms with Crippen LogP contribution < -0.4 is 9.75 Å². The maximum atomic E-state index is 5.35. The van der Waals surface area contributed by atoms with Crippen molar-refractivity contribution in [3.05, 3.63) is 118 Å². The first-order valence-corrected chi connectivity index (χ1v) is 13.0. The van der Waals surface area contributed by atoms with E-state index in [1.807, 2.05) is 41.4 Å². The summed E-state index contributed by atoms with van der Waals surface area (Å²) in [5.41, 5.74) is 7.26. The van der Waals surface area contributed by atoms with Gasteiger partial charge in [0.15, 0.2) is 0 Å². The van der Waals surface area contributed by atoms with E-state index in [1.54, 1.807) is 7.11 Å². The lowest BCUT2D eigenvalue weighted by Gasteiger charge is -2.23. The van der Waals surface area contributed by atoms with Crippen molar-refractivity contribution in [2.24, 2.45) is 5.10 Å². The van der Waals surface area contributed by atoms with E-state index in [9.17, 15) is 0 Å². The molecule has 0 saturated heterocycles. The van der Waals surface area contributed by atoms with E-state index in [2.05, 4.69) is 83.5 Å². The molecule has 0 saturated carbocycles. The number of hydrogen-bond acceptors (Lipinski definition) is 5. The SMILES string of the molecule is COc1ccc(C2=NN(c3nc(-c4ccc(C)cc4)c4ccccc4n3)[C@H](c3cccc(Br)c3)C2)cc1. The summed E-state index contributed by atoms with van der Waals surface area (Å²) in [6.45, 7) is 2.09. The molecule has 0 spiro atoms. The minimum atomic E-state index is -0.0402. The van der Waals surface area contributed by atoms with Gasteiger partial charge < -0.3 is 4.74 Å². The van der Waals surface area contributed by atoms with E-state index in [0.29, 0.717) is 5.95 Å². The van der Waals surface area contributed by atoms with Crippen LogP contribution >= 0.6 is 15.9 Å². The van der Waals surface area contributed by atoms with Crippen LogP contribution in [0.25, 0.3) is 22.2 Å². The number of hydrazone groups is 1. The molecule has 5 aromatic rings. The molecular formula is C31H25BrN4O. The van der Waals surface area contributed by atoms with E-state index in [0.717, 1.165) is 55.6 Å². The third-order valence-corrected chi connectivity index (χ3v) is 7.18. The number of rotatable bonds is 5. The summed E-state index contributed by atoms with van der Waals surface area (Å²) >= 11 is 3.64. The molecule has 1 aliphatic heterocycles. The van der Waals surface area contributed by atoms with Crippen molar-refractivity contribution in [3.8, 4) is 17.0 Å². The average molecular weight is 549 g/mol. The fourth-order valence-corrected chi connectivity index (χ4v) is 5.14. The van der Waals surface area contributed by atoms with Crippen molar-refractivity contribution in [2.75, 3.05) is 12.1 Å². The monoisotopic (exact) mass is 548 g/mol. The van der Waals surface area contributed by atoms with Crippen molar-refractivity contribution >= 4 is 38.5 Å². The van der Waals surface area contributed by atoms with E-state index in [4.69, 9.17) is 19.8 Å². The maximum absolute atomic E-state index is 5.35. The number of benzene rings is 4. The number of hydrogen-bond donors (Lipinski definition) is 0. The normalized spacial score (nSPS) is 15.2. The third kappa shape index (κ3) is 4.60. The summed E-state index contributed by atoms with van der Waals surface area (Å²) in [6, 6.07) is 33.0. The van der Waals surface area contributed by atoms with Crippen LogP contribution in [0.3, 0.4) is 0 Å². The van der Waals surface area contributed by atoms with Gasteiger partial charge in [-0.05, 0) is 60.5 Å². The highest BCUT2D eigenvalue weighted by atomic mass is 79.9. The van der Waals surface area contributed by atoms with Crippen LogP contribution in [0.4, 0.5) is 5.95 Å². The lowest BCUT2D eigenvalue weighted by atomic mass is 9.98. The number of aryl methyl sites for hydroxylation is 1. The molecule has 4 aromatic carbocycles. The zero-order valence-electron chi connectivity index (χ0n) is 20.6. The molecule has 0 unspecified atom stereocenters. The average Bonchev–Trinajstić information content (AvgIpc) is 3.39. The van der Waals surface area contributed by atoms with Gasteiger partial charge in [-0.3, -0.25) is 0 Å². The molecule has 1 aliphatic rings. The molecule has 2 heterocycles. The van der Waals surface area contributed by atoms with Crippen LogP contribution in [-0.4, -0.2) is 22.8 Å². The smallest absolute Gasteiger partial charge is 0.247 e. The van der Waals surface area contributed by atoms with Crippen molar-refractivity contribution in [3.63, 3.8) is 0 Å². The minimum Gasteiger partial charge on any atom is -0.497 e. The molecule has 37 heavy (non-hydrogen) atoms. The molecule has 6 rings (SSSR count). The second-order valence-electron chi connectivity index (χ2n) is 9.15. The predicted octanol–water partition coefficient (Wildman–Crippen LogP) is 7.73. The van der Waals surface area contributed by atoms with Gasteiger partial charge in [0.25, 0.3) is 0 Å². The second-order valence-corrected chi connectivity index (χ2v) is 10.1. The van der Waals surface area contributed by atoms with Crippen molar-refractivity contribution < 1.29 is 4.74 Å². The third-order valence-electron chi connectivity index (χ3n) is 6.69. The Labute approximate surface area is 224 Å². The van der Waals surface area contributed by atoms with E-state index >= 15 is 0 Å². The summed E-state index contributed by atoms with van der Waals surface area (Å²) in [5.74, 6) is 1.41. The fourth-order valence-electron chi connectivity index (χ4n) is 4.72. The largest absolute Gasteiger partial charge is 0.497 e. The maximum Gasteiger partial charge on any atom is 0.247 e. The lowest BCUT2D eigenvalue weighted by molar-refractivity contribution is 0.415. The molecule has 0 aliphatic carbocycles. The Kier molecular flexibility index (Phi) is 6.18. The van der Waals surface area contributed by atoms with Gasteiger partial charge >= 0.3 is 0 Å². The van der Waals surface area contributed by atoms with E-state index < -0.39 is 0 Å². The Morgan fingerprint density at radius 2 is 1.59 bits per heavy atom. The number of halogens is 1. The Balaban J connectivity index is 1.51. The quantitative estimate of drug-likeness (QED) is 0.225. The molecule has 0 bridgehead atoms. The van der Waals surface area contributed by atoms with Crippen LogP contribution in [0, 0.1) is 6.92 Å². The van der Waals surface area contributed by atoms with Crippen molar-refractivity contribution in [1.82, 2.24) is 9.97 Å². The number of para-hydroxylation sites is 1. The molecule has 6 heteroatoms. The molecule has 5 nitrogen and oxygen atoms in total. The molecular weight excluding hydrogens is 524 g/mol. The second kappa shape index (κ2) is 9.79. The summed E-state index contributed by atoms with van der Waals surface area (Å²) in [7, 11) is 1.68. The van der Waals surface area contributed by atoms with Gasteiger partial charge in [0.2, 0.25) is 5.95 Å². The van der Waals surface area contributed by atoms with Gasteiger partial charge in [0.05, 0.1) is 30.1 Å². The van der Waals surface area contributed by atoms with Crippen LogP contribution in [0.15, 0.2) is 107 Å². The van der Waals surface area contributed by atoms with Gasteiger partial charge in [-0.2, -0.15) is 5.10 Å². The Morgan fingerprint density at radius 1 is 0.838 bits per heavy atom. The highest BCUT2D eigenvalue weighted by Crippen LogP contribution is 2.38. The highest BCUT2D eigenvalue weighted by molar-refractivity contribution is 9.10. The van der Waals surface area contributed by atoms with Crippen molar-refractivity contribution in [2.45, 2.75) is 19.4 Å². The molecule has 1 atom stereocenters. The van der Waals surface area contributed by atoms with Gasteiger partial charge in [0, 0.05) is 21.8 Å². The van der Waals surface area contributed by atoms with Crippen LogP contribution in [0.2, 0.25) is 0 Å². The van der Waals surface area contributed by atoms with Gasteiger partial charge in [0.1, 0.15) is 5.75 Å². The molecule has 0 N–H and O–H groups in total. The van der Waals surface area contributed by atoms with Gasteiger partial charge in [-0.25, -0.2) is 15.0 Å². The van der Waals surface area contributed by atoms with E-state index in [1.165, 1.54) is 5.56 Å². The lowest BCUT2D eigenvalue weighted by Crippen LogP contribution is -2.21.